The molecule has 0 aliphatic carbocycles. The average Bonchev–Trinajstić information content (AvgIpc) is 2.25. The highest BCUT2D eigenvalue weighted by atomic mass is 19.1. The van der Waals surface area contributed by atoms with Gasteiger partial charge in [0.15, 0.2) is 0 Å². The Kier molecular flexibility index (Phi) is 3.34. The van der Waals surface area contributed by atoms with Crippen LogP contribution >= 0.6 is 0 Å². The van der Waals surface area contributed by atoms with Crippen molar-refractivity contribution in [2.45, 2.75) is 26.3 Å². The van der Waals surface area contributed by atoms with Crippen molar-refractivity contribution in [2.75, 3.05) is 13.1 Å². The number of likely N-dealkylation sites (tertiary alicyclic amines) is 1. The van der Waals surface area contributed by atoms with Crippen LogP contribution in [-0.4, -0.2) is 23.8 Å². The van der Waals surface area contributed by atoms with E-state index in [1.54, 1.807) is 6.07 Å². The maximum Gasteiger partial charge on any atom is 0.135 e. The summed E-state index contributed by atoms with van der Waals surface area (Å²) in [4.78, 5) is 13.3. The Bertz CT molecular complexity index is 393. The number of nitrogens with zero attached hydrogens (tertiary/aromatic N) is 1. The molecule has 1 aliphatic heterocycles. The quantitative estimate of drug-likeness (QED) is 0.763. The van der Waals surface area contributed by atoms with Gasteiger partial charge in [0.1, 0.15) is 11.6 Å². The van der Waals surface area contributed by atoms with Crippen molar-refractivity contribution in [3.8, 4) is 0 Å². The summed E-state index contributed by atoms with van der Waals surface area (Å²) in [5.74, 6) is 0.169. The van der Waals surface area contributed by atoms with Crippen molar-refractivity contribution in [1.29, 1.82) is 0 Å². The van der Waals surface area contributed by atoms with Gasteiger partial charge in [-0.15, -0.1) is 0 Å². The summed E-state index contributed by atoms with van der Waals surface area (Å²) < 4.78 is 12.9. The van der Waals surface area contributed by atoms with Crippen LogP contribution in [0.2, 0.25) is 0 Å². The number of carbonyl (C=O) groups excluding carboxylic acids is 1. The Morgan fingerprint density at radius 2 is 2.00 bits per heavy atom. The van der Waals surface area contributed by atoms with E-state index >= 15 is 0 Å². The molecule has 0 spiro atoms. The third kappa shape index (κ3) is 2.67. The molecule has 1 fully saturated rings. The number of hydrogen-bond acceptors (Lipinski definition) is 2. The SMILES string of the molecule is Cc1cc(F)ccc1CN1CCC(=O)CC1. The zero-order valence-corrected chi connectivity index (χ0v) is 9.50. The Morgan fingerprint density at radius 1 is 1.31 bits per heavy atom. The molecule has 0 aromatic heterocycles. The van der Waals surface area contributed by atoms with Crippen LogP contribution in [0, 0.1) is 12.7 Å². The summed E-state index contributed by atoms with van der Waals surface area (Å²) in [6, 6.07) is 4.89. The molecule has 0 amide bonds. The van der Waals surface area contributed by atoms with Gasteiger partial charge in [-0.2, -0.15) is 0 Å². The Morgan fingerprint density at radius 3 is 2.62 bits per heavy atom. The summed E-state index contributed by atoms with van der Waals surface area (Å²) in [6.07, 6.45) is 1.31. The van der Waals surface area contributed by atoms with E-state index in [0.29, 0.717) is 18.6 Å². The fourth-order valence-corrected chi connectivity index (χ4v) is 2.04. The molecule has 0 unspecified atom stereocenters. The first-order chi connectivity index (χ1) is 7.65. The number of Topliss-reactive ketones (excluding diaryl/α,β-unsaturated/α-hetero) is 1. The first-order valence-electron chi connectivity index (χ1n) is 5.64. The minimum absolute atomic E-state index is 0.185. The summed E-state index contributed by atoms with van der Waals surface area (Å²) in [7, 11) is 0. The van der Waals surface area contributed by atoms with E-state index < -0.39 is 0 Å². The summed E-state index contributed by atoms with van der Waals surface area (Å²) in [5.41, 5.74) is 2.13. The van der Waals surface area contributed by atoms with Gasteiger partial charge in [-0.3, -0.25) is 9.69 Å². The monoisotopic (exact) mass is 221 g/mol. The lowest BCUT2D eigenvalue weighted by Crippen LogP contribution is -2.33. The van der Waals surface area contributed by atoms with Gasteiger partial charge >= 0.3 is 0 Å². The van der Waals surface area contributed by atoms with Gasteiger partial charge in [0, 0.05) is 32.5 Å². The third-order valence-corrected chi connectivity index (χ3v) is 3.11. The van der Waals surface area contributed by atoms with Crippen LogP contribution in [0.4, 0.5) is 4.39 Å². The van der Waals surface area contributed by atoms with Crippen molar-refractivity contribution < 1.29 is 9.18 Å². The van der Waals surface area contributed by atoms with E-state index in [4.69, 9.17) is 0 Å². The van der Waals surface area contributed by atoms with Gasteiger partial charge in [-0.1, -0.05) is 6.07 Å². The predicted octanol–water partition coefficient (Wildman–Crippen LogP) is 2.30. The topological polar surface area (TPSA) is 20.3 Å². The number of hydrogen-bond donors (Lipinski definition) is 0. The van der Waals surface area contributed by atoms with E-state index in [-0.39, 0.29) is 5.82 Å². The molecule has 0 bridgehead atoms. The van der Waals surface area contributed by atoms with Gasteiger partial charge in [0.05, 0.1) is 0 Å². The number of halogens is 1. The predicted molar refractivity (Wildman–Crippen MR) is 60.7 cm³/mol. The highest BCUT2D eigenvalue weighted by Gasteiger charge is 2.16. The minimum atomic E-state index is -0.185. The third-order valence-electron chi connectivity index (χ3n) is 3.11. The van der Waals surface area contributed by atoms with Crippen molar-refractivity contribution in [3.63, 3.8) is 0 Å². The zero-order chi connectivity index (χ0) is 11.5. The van der Waals surface area contributed by atoms with Crippen LogP contribution in [0.15, 0.2) is 18.2 Å². The van der Waals surface area contributed by atoms with E-state index in [2.05, 4.69) is 4.90 Å². The fourth-order valence-electron chi connectivity index (χ4n) is 2.04. The fraction of sp³-hybridized carbons (Fsp3) is 0.462. The molecule has 1 heterocycles. The highest BCUT2D eigenvalue weighted by Crippen LogP contribution is 2.15. The highest BCUT2D eigenvalue weighted by molar-refractivity contribution is 5.79. The number of rotatable bonds is 2. The second-order valence-corrected chi connectivity index (χ2v) is 4.39. The standard InChI is InChI=1S/C13H16FNO/c1-10-8-12(14)3-2-11(10)9-15-6-4-13(16)5-7-15/h2-3,8H,4-7,9H2,1H3. The molecule has 1 aliphatic rings. The van der Waals surface area contributed by atoms with Crippen LogP contribution < -0.4 is 0 Å². The summed E-state index contributed by atoms with van der Waals surface area (Å²) in [5, 5.41) is 0. The normalized spacial score (nSPS) is 17.8. The number of ketones is 1. The zero-order valence-electron chi connectivity index (χ0n) is 9.50. The van der Waals surface area contributed by atoms with Crippen LogP contribution in [-0.2, 0) is 11.3 Å². The number of aryl methyl sites for hydroxylation is 1. The summed E-state index contributed by atoms with van der Waals surface area (Å²) >= 11 is 0. The van der Waals surface area contributed by atoms with E-state index in [1.807, 2.05) is 13.0 Å². The Hall–Kier alpha value is -1.22. The number of benzene rings is 1. The van der Waals surface area contributed by atoms with E-state index in [1.165, 1.54) is 6.07 Å². The maximum absolute atomic E-state index is 12.9. The molecular formula is C13H16FNO. The van der Waals surface area contributed by atoms with Gasteiger partial charge < -0.3 is 0 Å². The number of carbonyl (C=O) groups is 1. The lowest BCUT2D eigenvalue weighted by Gasteiger charge is -2.26. The Balaban J connectivity index is 2.01. The van der Waals surface area contributed by atoms with Gasteiger partial charge in [-0.25, -0.2) is 4.39 Å². The van der Waals surface area contributed by atoms with Crippen LogP contribution in [0.3, 0.4) is 0 Å². The first-order valence-corrected chi connectivity index (χ1v) is 5.64. The summed E-state index contributed by atoms with van der Waals surface area (Å²) in [6.45, 7) is 4.40. The smallest absolute Gasteiger partial charge is 0.135 e. The molecule has 2 rings (SSSR count). The molecule has 86 valence electrons. The lowest BCUT2D eigenvalue weighted by molar-refractivity contribution is -0.121. The van der Waals surface area contributed by atoms with Gasteiger partial charge in [-0.05, 0) is 30.2 Å². The van der Waals surface area contributed by atoms with Crippen LogP contribution in [0.5, 0.6) is 0 Å². The van der Waals surface area contributed by atoms with Crippen molar-refractivity contribution in [2.24, 2.45) is 0 Å². The van der Waals surface area contributed by atoms with Crippen LogP contribution in [0.25, 0.3) is 0 Å². The van der Waals surface area contributed by atoms with Crippen molar-refractivity contribution in [1.82, 2.24) is 4.90 Å². The van der Waals surface area contributed by atoms with Crippen molar-refractivity contribution in [3.05, 3.63) is 35.1 Å². The van der Waals surface area contributed by atoms with Gasteiger partial charge in [0.25, 0.3) is 0 Å². The molecule has 0 saturated carbocycles. The molecule has 1 aromatic rings. The van der Waals surface area contributed by atoms with E-state index in [9.17, 15) is 9.18 Å². The second-order valence-electron chi connectivity index (χ2n) is 4.39. The molecular weight excluding hydrogens is 205 g/mol. The number of piperidine rings is 1. The van der Waals surface area contributed by atoms with Crippen molar-refractivity contribution >= 4 is 5.78 Å². The molecule has 0 radical (unpaired) electrons. The molecule has 0 N–H and O–H groups in total. The molecule has 1 saturated heterocycles. The first kappa shape index (κ1) is 11.3. The maximum atomic E-state index is 12.9. The lowest BCUT2D eigenvalue weighted by atomic mass is 10.1. The Labute approximate surface area is 95.1 Å². The van der Waals surface area contributed by atoms with E-state index in [0.717, 1.165) is 30.8 Å². The average molecular weight is 221 g/mol. The molecule has 0 atom stereocenters. The second kappa shape index (κ2) is 4.74. The molecule has 1 aromatic carbocycles. The van der Waals surface area contributed by atoms with Crippen LogP contribution in [0.1, 0.15) is 24.0 Å². The largest absolute Gasteiger partial charge is 0.300 e. The molecule has 16 heavy (non-hydrogen) atoms. The minimum Gasteiger partial charge on any atom is -0.300 e. The molecule has 2 nitrogen and oxygen atoms in total. The van der Waals surface area contributed by atoms with Gasteiger partial charge in [0.2, 0.25) is 0 Å². The molecule has 3 heteroatoms.